The summed E-state index contributed by atoms with van der Waals surface area (Å²) in [7, 11) is 0. The molecule has 21 heavy (non-hydrogen) atoms. The Bertz CT molecular complexity index is 585. The first kappa shape index (κ1) is 15.2. The number of nitrogens with zero attached hydrogens (tertiary/aromatic N) is 2. The Morgan fingerprint density at radius 1 is 1.10 bits per heavy atom. The molecule has 0 spiro atoms. The first-order valence-corrected chi connectivity index (χ1v) is 6.26. The lowest BCUT2D eigenvalue weighted by Crippen LogP contribution is -2.17. The summed E-state index contributed by atoms with van der Waals surface area (Å²) in [5.41, 5.74) is 1.72. The van der Waals surface area contributed by atoms with E-state index in [4.69, 9.17) is 0 Å². The van der Waals surface area contributed by atoms with E-state index in [1.54, 1.807) is 24.4 Å². The third-order valence-electron chi connectivity index (χ3n) is 2.63. The van der Waals surface area contributed by atoms with E-state index in [1.165, 1.54) is 12.1 Å². The smallest absolute Gasteiger partial charge is 0.406 e. The van der Waals surface area contributed by atoms with Crippen molar-refractivity contribution >= 4 is 0 Å². The van der Waals surface area contributed by atoms with Gasteiger partial charge < -0.3 is 10.1 Å². The van der Waals surface area contributed by atoms with Crippen molar-refractivity contribution < 1.29 is 17.9 Å². The van der Waals surface area contributed by atoms with Gasteiger partial charge in [0.05, 0.1) is 5.69 Å². The van der Waals surface area contributed by atoms with Gasteiger partial charge in [0.25, 0.3) is 0 Å². The zero-order valence-corrected chi connectivity index (χ0v) is 11.3. The Labute approximate surface area is 120 Å². The van der Waals surface area contributed by atoms with Gasteiger partial charge in [-0.2, -0.15) is 0 Å². The maximum atomic E-state index is 12.0. The summed E-state index contributed by atoms with van der Waals surface area (Å²) < 4.78 is 39.9. The van der Waals surface area contributed by atoms with Gasteiger partial charge in [-0.05, 0) is 30.7 Å². The number of aromatic nitrogens is 2. The van der Waals surface area contributed by atoms with Crippen LogP contribution in [0, 0.1) is 6.92 Å². The Hall–Kier alpha value is -2.15. The van der Waals surface area contributed by atoms with Crippen molar-refractivity contribution in [3.8, 4) is 5.75 Å². The Kier molecular flexibility index (Phi) is 4.74. The number of rotatable bonds is 5. The van der Waals surface area contributed by atoms with Crippen LogP contribution in [0.4, 0.5) is 13.2 Å². The van der Waals surface area contributed by atoms with Crippen LogP contribution in [-0.4, -0.2) is 16.3 Å². The molecule has 1 N–H and O–H groups in total. The second kappa shape index (κ2) is 6.53. The average Bonchev–Trinajstić information content (AvgIpc) is 2.39. The largest absolute Gasteiger partial charge is 0.573 e. The lowest BCUT2D eigenvalue weighted by molar-refractivity contribution is -0.274. The molecule has 1 aromatic carbocycles. The molecular formula is C14H14F3N3O. The van der Waals surface area contributed by atoms with Crippen LogP contribution in [0.5, 0.6) is 5.75 Å². The summed E-state index contributed by atoms with van der Waals surface area (Å²) >= 11 is 0. The Morgan fingerprint density at radius 2 is 1.81 bits per heavy atom. The highest BCUT2D eigenvalue weighted by Gasteiger charge is 2.30. The molecule has 0 saturated carbocycles. The molecule has 0 aliphatic heterocycles. The van der Waals surface area contributed by atoms with Crippen LogP contribution in [0.3, 0.4) is 0 Å². The molecule has 4 nitrogen and oxygen atoms in total. The van der Waals surface area contributed by atoms with E-state index >= 15 is 0 Å². The highest BCUT2D eigenvalue weighted by molar-refractivity contribution is 5.27. The summed E-state index contributed by atoms with van der Waals surface area (Å²) in [6.45, 7) is 2.89. The van der Waals surface area contributed by atoms with E-state index < -0.39 is 6.36 Å². The number of hydrogen-bond acceptors (Lipinski definition) is 4. The van der Waals surface area contributed by atoms with Gasteiger partial charge in [-0.1, -0.05) is 12.1 Å². The molecule has 0 fully saturated rings. The Morgan fingerprint density at radius 3 is 2.43 bits per heavy atom. The minimum Gasteiger partial charge on any atom is -0.406 e. The van der Waals surface area contributed by atoms with E-state index in [-0.39, 0.29) is 5.75 Å². The van der Waals surface area contributed by atoms with Crippen molar-refractivity contribution in [2.75, 3.05) is 0 Å². The number of benzene rings is 1. The summed E-state index contributed by atoms with van der Waals surface area (Å²) in [5, 5.41) is 3.16. The van der Waals surface area contributed by atoms with Gasteiger partial charge in [0, 0.05) is 19.3 Å². The highest BCUT2D eigenvalue weighted by Crippen LogP contribution is 2.22. The molecule has 2 aromatic rings. The van der Waals surface area contributed by atoms with Gasteiger partial charge >= 0.3 is 6.36 Å². The zero-order chi connectivity index (χ0) is 15.3. The van der Waals surface area contributed by atoms with Crippen LogP contribution < -0.4 is 10.1 Å². The number of alkyl halides is 3. The molecule has 0 unspecified atom stereocenters. The molecular weight excluding hydrogens is 283 g/mol. The molecule has 0 saturated heterocycles. The lowest BCUT2D eigenvalue weighted by Gasteiger charge is -2.09. The van der Waals surface area contributed by atoms with Crippen LogP contribution >= 0.6 is 0 Å². The van der Waals surface area contributed by atoms with Crippen LogP contribution in [-0.2, 0) is 13.1 Å². The van der Waals surface area contributed by atoms with Crippen molar-refractivity contribution in [1.29, 1.82) is 0 Å². The minimum absolute atomic E-state index is 0.224. The van der Waals surface area contributed by atoms with Crippen LogP contribution in [0.2, 0.25) is 0 Å². The van der Waals surface area contributed by atoms with Crippen molar-refractivity contribution in [2.45, 2.75) is 26.4 Å². The molecule has 0 amide bonds. The molecule has 0 atom stereocenters. The first-order chi connectivity index (χ1) is 9.92. The third kappa shape index (κ3) is 5.39. The molecule has 112 valence electrons. The predicted octanol–water partition coefficient (Wildman–Crippen LogP) is 2.97. The molecule has 0 bridgehead atoms. The maximum absolute atomic E-state index is 12.0. The van der Waals surface area contributed by atoms with Crippen LogP contribution in [0.1, 0.15) is 17.1 Å². The summed E-state index contributed by atoms with van der Waals surface area (Å²) in [4.78, 5) is 8.24. The van der Waals surface area contributed by atoms with E-state index in [1.807, 2.05) is 6.92 Å². The molecule has 0 aliphatic carbocycles. The molecule has 2 rings (SSSR count). The van der Waals surface area contributed by atoms with Crippen molar-refractivity contribution in [2.24, 2.45) is 0 Å². The molecule has 1 heterocycles. The SMILES string of the molecule is Cc1nccc(CNCc2ccc(OC(F)(F)F)cc2)n1. The summed E-state index contributed by atoms with van der Waals surface area (Å²) in [5.74, 6) is 0.473. The first-order valence-electron chi connectivity index (χ1n) is 6.26. The molecule has 7 heteroatoms. The molecule has 1 aromatic heterocycles. The van der Waals surface area contributed by atoms with Crippen molar-refractivity contribution in [1.82, 2.24) is 15.3 Å². The normalized spacial score (nSPS) is 11.4. The third-order valence-corrected chi connectivity index (χ3v) is 2.63. The van der Waals surface area contributed by atoms with Crippen molar-refractivity contribution in [3.05, 3.63) is 53.6 Å². The zero-order valence-electron chi connectivity index (χ0n) is 11.3. The number of ether oxygens (including phenoxy) is 1. The number of hydrogen-bond donors (Lipinski definition) is 1. The van der Waals surface area contributed by atoms with Crippen LogP contribution in [0.25, 0.3) is 0 Å². The summed E-state index contributed by atoms with van der Waals surface area (Å²) in [6, 6.07) is 7.55. The van der Waals surface area contributed by atoms with Gasteiger partial charge in [-0.3, -0.25) is 0 Å². The number of aryl methyl sites for hydroxylation is 1. The lowest BCUT2D eigenvalue weighted by atomic mass is 10.2. The second-order valence-electron chi connectivity index (χ2n) is 4.39. The van der Waals surface area contributed by atoms with Gasteiger partial charge in [-0.25, -0.2) is 9.97 Å². The van der Waals surface area contributed by atoms with E-state index in [2.05, 4.69) is 20.0 Å². The second-order valence-corrected chi connectivity index (χ2v) is 4.39. The fraction of sp³-hybridized carbons (Fsp3) is 0.286. The standard InChI is InChI=1S/C14H14F3N3O/c1-10-19-7-6-12(20-10)9-18-8-11-2-4-13(5-3-11)21-14(15,16)17/h2-7,18H,8-9H2,1H3. The Balaban J connectivity index is 1.84. The molecule has 0 radical (unpaired) electrons. The van der Waals surface area contributed by atoms with Crippen molar-refractivity contribution in [3.63, 3.8) is 0 Å². The van der Waals surface area contributed by atoms with Gasteiger partial charge in [-0.15, -0.1) is 13.2 Å². The highest BCUT2D eigenvalue weighted by atomic mass is 19.4. The topological polar surface area (TPSA) is 47.0 Å². The minimum atomic E-state index is -4.66. The predicted molar refractivity (Wildman–Crippen MR) is 70.4 cm³/mol. The van der Waals surface area contributed by atoms with Gasteiger partial charge in [0.1, 0.15) is 11.6 Å². The van der Waals surface area contributed by atoms with Crippen LogP contribution in [0.15, 0.2) is 36.5 Å². The van der Waals surface area contributed by atoms with E-state index in [9.17, 15) is 13.2 Å². The fourth-order valence-electron chi connectivity index (χ4n) is 1.75. The van der Waals surface area contributed by atoms with E-state index in [0.717, 1.165) is 11.3 Å². The van der Waals surface area contributed by atoms with E-state index in [0.29, 0.717) is 18.9 Å². The molecule has 0 aliphatic rings. The summed E-state index contributed by atoms with van der Waals surface area (Å²) in [6.07, 6.45) is -2.98. The van der Waals surface area contributed by atoms with Gasteiger partial charge in [0.15, 0.2) is 0 Å². The maximum Gasteiger partial charge on any atom is 0.573 e. The fourth-order valence-corrected chi connectivity index (χ4v) is 1.75. The average molecular weight is 297 g/mol. The quantitative estimate of drug-likeness (QED) is 0.921. The number of halogens is 3. The number of nitrogens with one attached hydrogen (secondary N) is 1. The monoisotopic (exact) mass is 297 g/mol. The van der Waals surface area contributed by atoms with Gasteiger partial charge in [0.2, 0.25) is 0 Å².